The molecule has 1 aromatic heterocycles. The molecule has 5 rings (SSSR count). The van der Waals surface area contributed by atoms with Crippen molar-refractivity contribution in [1.82, 2.24) is 9.13 Å². The first kappa shape index (κ1) is 28.1. The first-order valence-electron chi connectivity index (χ1n) is 13.5. The van der Waals surface area contributed by atoms with Crippen LogP contribution in [-0.4, -0.2) is 28.2 Å². The van der Waals surface area contributed by atoms with Gasteiger partial charge in [-0.2, -0.15) is 5.10 Å². The molecule has 0 atom stereocenters. The molecule has 1 amide bonds. The number of nitrogens with zero attached hydrogens (tertiary/aromatic N) is 4. The van der Waals surface area contributed by atoms with Gasteiger partial charge in [0, 0.05) is 17.4 Å². The van der Waals surface area contributed by atoms with E-state index in [2.05, 4.69) is 10.5 Å². The highest BCUT2D eigenvalue weighted by atomic mass is 16.5. The Labute approximate surface area is 242 Å². The molecular formula is C33H31N5O4. The van der Waals surface area contributed by atoms with E-state index in [0.29, 0.717) is 33.8 Å². The topological polar surface area (TPSA) is 97.9 Å². The number of para-hydroxylation sites is 4. The molecule has 0 saturated carbocycles. The summed E-state index contributed by atoms with van der Waals surface area (Å²) in [5, 5.41) is 3.94. The number of nitrogens with one attached hydrogen (secondary N) is 1. The van der Waals surface area contributed by atoms with Crippen LogP contribution in [0, 0.1) is 0 Å². The quantitative estimate of drug-likeness (QED) is 0.281. The maximum Gasteiger partial charge on any atom is 0.289 e. The van der Waals surface area contributed by atoms with Gasteiger partial charge in [-0.3, -0.25) is 28.9 Å². The van der Waals surface area contributed by atoms with Gasteiger partial charge in [0.1, 0.15) is 12.3 Å². The zero-order valence-corrected chi connectivity index (χ0v) is 23.6. The van der Waals surface area contributed by atoms with Crippen LogP contribution >= 0.6 is 0 Å². The Bertz CT molecular complexity index is 1900. The van der Waals surface area contributed by atoms with Crippen molar-refractivity contribution in [2.24, 2.45) is 5.10 Å². The minimum absolute atomic E-state index is 0.210. The Morgan fingerprint density at radius 1 is 0.810 bits per heavy atom. The third-order valence-corrected chi connectivity index (χ3v) is 6.78. The SMILES string of the molecule is COc1ccc(N(C(=O)Cn2c(=O)/c(=N/Nc3ccccc3)c(=O)n(-c3ccccc3)c3ccccc32)C(C)C)cc1. The van der Waals surface area contributed by atoms with Gasteiger partial charge in [0.25, 0.3) is 11.1 Å². The highest BCUT2D eigenvalue weighted by Gasteiger charge is 2.22. The minimum atomic E-state index is -0.693. The average molecular weight is 562 g/mol. The number of aromatic nitrogens is 2. The molecule has 0 bridgehead atoms. The van der Waals surface area contributed by atoms with Crippen LogP contribution in [0.25, 0.3) is 16.7 Å². The smallest absolute Gasteiger partial charge is 0.289 e. The first-order chi connectivity index (χ1) is 20.4. The molecule has 5 aromatic rings. The second-order valence-corrected chi connectivity index (χ2v) is 9.85. The van der Waals surface area contributed by atoms with E-state index in [1.807, 2.05) is 50.2 Å². The number of amides is 1. The number of anilines is 2. The number of methoxy groups -OCH3 is 1. The van der Waals surface area contributed by atoms with Crippen LogP contribution in [0.4, 0.5) is 11.4 Å². The van der Waals surface area contributed by atoms with Crippen molar-refractivity contribution in [1.29, 1.82) is 0 Å². The number of carbonyl (C=O) groups is 1. The molecule has 4 aromatic carbocycles. The van der Waals surface area contributed by atoms with Crippen LogP contribution in [0.15, 0.2) is 124 Å². The van der Waals surface area contributed by atoms with Gasteiger partial charge in [-0.05, 0) is 74.5 Å². The van der Waals surface area contributed by atoms with Crippen LogP contribution in [0.3, 0.4) is 0 Å². The summed E-state index contributed by atoms with van der Waals surface area (Å²) >= 11 is 0. The van der Waals surface area contributed by atoms with Gasteiger partial charge in [-0.15, -0.1) is 0 Å². The van der Waals surface area contributed by atoms with Gasteiger partial charge in [-0.25, -0.2) is 0 Å². The molecule has 212 valence electrons. The Morgan fingerprint density at radius 3 is 2.02 bits per heavy atom. The monoisotopic (exact) mass is 561 g/mol. The fourth-order valence-electron chi connectivity index (χ4n) is 4.83. The van der Waals surface area contributed by atoms with E-state index in [4.69, 9.17) is 4.74 Å². The molecule has 0 aliphatic rings. The number of hydrogen-bond donors (Lipinski definition) is 1. The lowest BCUT2D eigenvalue weighted by molar-refractivity contribution is -0.119. The molecule has 42 heavy (non-hydrogen) atoms. The standard InChI is InChI=1S/C33H31N5O4/c1-23(2)37(26-18-20-27(42-3)21-19-26)30(39)22-36-28-16-10-11-17-29(28)38(25-14-8-5-9-15-25)33(41)31(32(36)40)35-34-24-12-6-4-7-13-24/h4-21,23,34H,22H2,1-3H3/b35-31-. The Hall–Kier alpha value is -5.44. The van der Waals surface area contributed by atoms with E-state index in [1.165, 1.54) is 9.13 Å². The van der Waals surface area contributed by atoms with Crippen LogP contribution in [-0.2, 0) is 11.3 Å². The summed E-state index contributed by atoms with van der Waals surface area (Å²) in [5.74, 6) is 0.340. The average Bonchev–Trinajstić information content (AvgIpc) is 3.09. The Balaban J connectivity index is 1.75. The van der Waals surface area contributed by atoms with Gasteiger partial charge < -0.3 is 9.64 Å². The lowest BCUT2D eigenvalue weighted by atomic mass is 10.2. The molecule has 0 fully saturated rings. The first-order valence-corrected chi connectivity index (χ1v) is 13.5. The van der Waals surface area contributed by atoms with Gasteiger partial charge in [0.05, 0.1) is 23.8 Å². The van der Waals surface area contributed by atoms with Crippen molar-refractivity contribution in [2.45, 2.75) is 26.4 Å². The fraction of sp³-hybridized carbons (Fsp3) is 0.152. The lowest BCUT2D eigenvalue weighted by Gasteiger charge is -2.27. The van der Waals surface area contributed by atoms with Gasteiger partial charge in [0.15, 0.2) is 0 Å². The van der Waals surface area contributed by atoms with E-state index < -0.39 is 11.1 Å². The van der Waals surface area contributed by atoms with Crippen molar-refractivity contribution < 1.29 is 9.53 Å². The lowest BCUT2D eigenvalue weighted by Crippen LogP contribution is -2.47. The molecule has 0 unspecified atom stereocenters. The summed E-state index contributed by atoms with van der Waals surface area (Å²) in [6.07, 6.45) is 0. The second-order valence-electron chi connectivity index (χ2n) is 9.85. The number of fused-ring (bicyclic) bond motifs is 1. The maximum absolute atomic E-state index is 14.2. The summed E-state index contributed by atoms with van der Waals surface area (Å²) in [6, 6.07) is 32.0. The zero-order valence-electron chi connectivity index (χ0n) is 23.6. The summed E-state index contributed by atoms with van der Waals surface area (Å²) < 4.78 is 8.04. The van der Waals surface area contributed by atoms with Crippen LogP contribution in [0.1, 0.15) is 13.8 Å². The molecular weight excluding hydrogens is 530 g/mol. The maximum atomic E-state index is 14.2. The van der Waals surface area contributed by atoms with Crippen molar-refractivity contribution in [3.05, 3.63) is 135 Å². The number of benzene rings is 4. The third kappa shape index (κ3) is 5.71. The molecule has 9 heteroatoms. The number of carbonyl (C=O) groups excluding carboxylic acids is 1. The second kappa shape index (κ2) is 12.4. The number of hydrogen-bond acceptors (Lipinski definition) is 6. The van der Waals surface area contributed by atoms with E-state index in [-0.39, 0.29) is 23.9 Å². The van der Waals surface area contributed by atoms with Crippen molar-refractivity contribution in [2.75, 3.05) is 17.4 Å². The molecule has 9 nitrogen and oxygen atoms in total. The van der Waals surface area contributed by atoms with Gasteiger partial charge in [-0.1, -0.05) is 48.5 Å². The predicted molar refractivity (Wildman–Crippen MR) is 165 cm³/mol. The molecule has 0 aliphatic heterocycles. The summed E-state index contributed by atoms with van der Waals surface area (Å²) in [4.78, 5) is 43.8. The van der Waals surface area contributed by atoms with E-state index in [1.54, 1.807) is 84.8 Å². The van der Waals surface area contributed by atoms with Crippen LogP contribution < -0.4 is 31.5 Å². The highest BCUT2D eigenvalue weighted by molar-refractivity contribution is 5.94. The highest BCUT2D eigenvalue weighted by Crippen LogP contribution is 2.22. The molecule has 0 spiro atoms. The van der Waals surface area contributed by atoms with Gasteiger partial charge in [0.2, 0.25) is 11.3 Å². The van der Waals surface area contributed by atoms with E-state index in [9.17, 15) is 14.4 Å². The molecule has 1 N–H and O–H groups in total. The molecule has 0 radical (unpaired) electrons. The Morgan fingerprint density at radius 2 is 1.40 bits per heavy atom. The zero-order chi connectivity index (χ0) is 29.6. The van der Waals surface area contributed by atoms with Crippen LogP contribution in [0.5, 0.6) is 5.75 Å². The van der Waals surface area contributed by atoms with Crippen LogP contribution in [0.2, 0.25) is 0 Å². The number of ether oxygens (including phenoxy) is 1. The fourth-order valence-corrected chi connectivity index (χ4v) is 4.83. The normalized spacial score (nSPS) is 11.5. The van der Waals surface area contributed by atoms with Gasteiger partial charge >= 0.3 is 0 Å². The Kier molecular flexibility index (Phi) is 8.29. The van der Waals surface area contributed by atoms with Crippen molar-refractivity contribution in [3.8, 4) is 11.4 Å². The van der Waals surface area contributed by atoms with E-state index in [0.717, 1.165) is 0 Å². The van der Waals surface area contributed by atoms with E-state index >= 15 is 0 Å². The molecule has 0 saturated heterocycles. The molecule has 0 aliphatic carbocycles. The minimum Gasteiger partial charge on any atom is -0.497 e. The number of rotatable bonds is 8. The van der Waals surface area contributed by atoms with Crippen molar-refractivity contribution in [3.63, 3.8) is 0 Å². The summed E-state index contributed by atoms with van der Waals surface area (Å²) in [7, 11) is 1.58. The van der Waals surface area contributed by atoms with Crippen molar-refractivity contribution >= 4 is 28.3 Å². The predicted octanol–water partition coefficient (Wildman–Crippen LogP) is 4.53. The third-order valence-electron chi connectivity index (χ3n) is 6.78. The molecule has 1 heterocycles. The summed E-state index contributed by atoms with van der Waals surface area (Å²) in [5.41, 5.74) is 4.22. The summed E-state index contributed by atoms with van der Waals surface area (Å²) in [6.45, 7) is 3.48. The largest absolute Gasteiger partial charge is 0.497 e.